The zero-order valence-electron chi connectivity index (χ0n) is 10.1. The number of hydrogen-bond donors (Lipinski definition) is 2. The Morgan fingerprint density at radius 3 is 2.72 bits per heavy atom. The first-order valence-corrected chi connectivity index (χ1v) is 5.35. The van der Waals surface area contributed by atoms with Crippen LogP contribution in [0.2, 0.25) is 5.02 Å². The lowest BCUT2D eigenvalue weighted by Crippen LogP contribution is -2.39. The van der Waals surface area contributed by atoms with E-state index in [9.17, 15) is 4.79 Å². The Labute approximate surface area is 117 Å². The Bertz CT molecular complexity index is 402. The molecule has 0 aliphatic rings. The van der Waals surface area contributed by atoms with Gasteiger partial charge in [-0.05, 0) is 12.1 Å². The van der Waals surface area contributed by atoms with Crippen molar-refractivity contribution < 1.29 is 14.3 Å². The number of halogens is 2. The zero-order valence-corrected chi connectivity index (χ0v) is 11.7. The van der Waals surface area contributed by atoms with Gasteiger partial charge in [0.1, 0.15) is 11.8 Å². The van der Waals surface area contributed by atoms with E-state index in [-0.39, 0.29) is 24.9 Å². The van der Waals surface area contributed by atoms with Crippen molar-refractivity contribution in [1.29, 1.82) is 0 Å². The fourth-order valence-electron chi connectivity index (χ4n) is 1.23. The molecule has 1 aromatic rings. The van der Waals surface area contributed by atoms with E-state index in [1.807, 2.05) is 0 Å². The van der Waals surface area contributed by atoms with Gasteiger partial charge in [0, 0.05) is 18.9 Å². The predicted molar refractivity (Wildman–Crippen MR) is 73.7 cm³/mol. The van der Waals surface area contributed by atoms with Crippen LogP contribution in [0.25, 0.3) is 0 Å². The molecule has 0 heterocycles. The molecule has 1 aromatic carbocycles. The number of rotatable bonds is 5. The maximum atomic E-state index is 11.6. The number of hydrogen-bond acceptors (Lipinski definition) is 4. The number of benzene rings is 1. The summed E-state index contributed by atoms with van der Waals surface area (Å²) in [4.78, 5) is 11.6. The van der Waals surface area contributed by atoms with Crippen LogP contribution in [-0.2, 0) is 9.53 Å². The third-order valence-corrected chi connectivity index (χ3v) is 2.41. The topological polar surface area (TPSA) is 73.6 Å². The second-order valence-corrected chi connectivity index (χ2v) is 3.81. The fraction of sp³-hybridized carbons (Fsp3) is 0.364. The molecule has 0 saturated heterocycles. The minimum absolute atomic E-state index is 0. The zero-order chi connectivity index (χ0) is 12.8. The molecule has 0 aromatic heterocycles. The van der Waals surface area contributed by atoms with Crippen molar-refractivity contribution >= 4 is 35.6 Å². The Kier molecular flexibility index (Phi) is 7.70. The molecule has 5 nitrogen and oxygen atoms in total. The quantitative estimate of drug-likeness (QED) is 0.867. The lowest BCUT2D eigenvalue weighted by molar-refractivity contribution is -0.118. The number of carbonyl (C=O) groups excluding carboxylic acids is 1. The van der Waals surface area contributed by atoms with Gasteiger partial charge in [-0.15, -0.1) is 12.4 Å². The van der Waals surface area contributed by atoms with E-state index in [0.29, 0.717) is 16.5 Å². The molecular weight excluding hydrogens is 279 g/mol. The van der Waals surface area contributed by atoms with E-state index >= 15 is 0 Å². The van der Waals surface area contributed by atoms with Crippen molar-refractivity contribution in [3.05, 3.63) is 23.2 Å². The molecule has 1 rings (SSSR count). The molecular formula is C11H16Cl2N2O3. The van der Waals surface area contributed by atoms with Crippen molar-refractivity contribution in [1.82, 2.24) is 0 Å². The van der Waals surface area contributed by atoms with E-state index in [1.54, 1.807) is 18.2 Å². The Morgan fingerprint density at radius 1 is 1.50 bits per heavy atom. The second-order valence-electron chi connectivity index (χ2n) is 3.40. The molecule has 3 N–H and O–H groups in total. The third-order valence-electron chi connectivity index (χ3n) is 2.10. The van der Waals surface area contributed by atoms with Gasteiger partial charge in [0.2, 0.25) is 5.91 Å². The summed E-state index contributed by atoms with van der Waals surface area (Å²) in [6, 6.07) is 4.22. The minimum atomic E-state index is -0.707. The highest BCUT2D eigenvalue weighted by Gasteiger charge is 2.13. The number of amides is 1. The van der Waals surface area contributed by atoms with Gasteiger partial charge in [0.25, 0.3) is 0 Å². The third kappa shape index (κ3) is 4.70. The largest absolute Gasteiger partial charge is 0.495 e. The highest BCUT2D eigenvalue weighted by molar-refractivity contribution is 6.32. The monoisotopic (exact) mass is 294 g/mol. The maximum absolute atomic E-state index is 11.6. The van der Waals surface area contributed by atoms with Crippen LogP contribution in [0, 0.1) is 0 Å². The lowest BCUT2D eigenvalue weighted by Gasteiger charge is -2.12. The van der Waals surface area contributed by atoms with E-state index in [4.69, 9.17) is 26.8 Å². The molecule has 1 unspecified atom stereocenters. The fourth-order valence-corrected chi connectivity index (χ4v) is 1.42. The van der Waals surface area contributed by atoms with Gasteiger partial charge < -0.3 is 20.5 Å². The summed E-state index contributed by atoms with van der Waals surface area (Å²) < 4.78 is 9.83. The molecule has 1 atom stereocenters. The molecule has 0 spiro atoms. The number of nitrogens with one attached hydrogen (secondary N) is 1. The van der Waals surface area contributed by atoms with Gasteiger partial charge >= 0.3 is 0 Å². The summed E-state index contributed by atoms with van der Waals surface area (Å²) in [6.45, 7) is 0.163. The number of carbonyl (C=O) groups is 1. The highest BCUT2D eigenvalue weighted by atomic mass is 35.5. The van der Waals surface area contributed by atoms with Crippen LogP contribution in [0.4, 0.5) is 5.69 Å². The Balaban J connectivity index is 0.00000289. The van der Waals surface area contributed by atoms with Crippen molar-refractivity contribution in [2.75, 3.05) is 26.1 Å². The summed E-state index contributed by atoms with van der Waals surface area (Å²) >= 11 is 5.86. The molecule has 7 heteroatoms. The molecule has 0 bridgehead atoms. The van der Waals surface area contributed by atoms with E-state index in [1.165, 1.54) is 14.2 Å². The van der Waals surface area contributed by atoms with E-state index < -0.39 is 6.04 Å². The lowest BCUT2D eigenvalue weighted by atomic mass is 10.2. The highest BCUT2D eigenvalue weighted by Crippen LogP contribution is 2.27. The first kappa shape index (κ1) is 17.0. The second kappa shape index (κ2) is 8.16. The van der Waals surface area contributed by atoms with Crippen LogP contribution in [0.5, 0.6) is 5.75 Å². The molecule has 18 heavy (non-hydrogen) atoms. The van der Waals surface area contributed by atoms with Crippen molar-refractivity contribution in [2.24, 2.45) is 5.73 Å². The Morgan fingerprint density at radius 2 is 2.17 bits per heavy atom. The molecule has 0 aliphatic heterocycles. The van der Waals surface area contributed by atoms with Gasteiger partial charge in [-0.25, -0.2) is 0 Å². The SMILES string of the molecule is COCC(N)C(=O)Nc1ccc(Cl)c(OC)c1.Cl. The Hall–Kier alpha value is -1.01. The van der Waals surface area contributed by atoms with Gasteiger partial charge in [0.15, 0.2) is 0 Å². The summed E-state index contributed by atoms with van der Waals surface area (Å²) in [5.41, 5.74) is 6.15. The number of methoxy groups -OCH3 is 2. The van der Waals surface area contributed by atoms with Crippen LogP contribution < -0.4 is 15.8 Å². The standard InChI is InChI=1S/C11H15ClN2O3.ClH/c1-16-6-9(13)11(15)14-7-3-4-8(12)10(5-7)17-2;/h3-5,9H,6,13H2,1-2H3,(H,14,15);1H. The summed E-state index contributed by atoms with van der Waals surface area (Å²) in [7, 11) is 2.99. The first-order valence-electron chi connectivity index (χ1n) is 4.97. The van der Waals surface area contributed by atoms with E-state index in [0.717, 1.165) is 0 Å². The van der Waals surface area contributed by atoms with Crippen molar-refractivity contribution in [3.63, 3.8) is 0 Å². The van der Waals surface area contributed by atoms with Crippen LogP contribution >= 0.6 is 24.0 Å². The summed E-state index contributed by atoms with van der Waals surface area (Å²) in [5, 5.41) is 3.12. The maximum Gasteiger partial charge on any atom is 0.243 e. The van der Waals surface area contributed by atoms with Gasteiger partial charge in [-0.1, -0.05) is 11.6 Å². The number of nitrogens with two attached hydrogens (primary N) is 1. The molecule has 102 valence electrons. The average molecular weight is 295 g/mol. The van der Waals surface area contributed by atoms with Gasteiger partial charge in [-0.3, -0.25) is 4.79 Å². The van der Waals surface area contributed by atoms with E-state index in [2.05, 4.69) is 5.32 Å². The van der Waals surface area contributed by atoms with Crippen molar-refractivity contribution in [2.45, 2.75) is 6.04 Å². The summed E-state index contributed by atoms with van der Waals surface area (Å²) in [5.74, 6) is 0.168. The minimum Gasteiger partial charge on any atom is -0.495 e. The molecule has 1 amide bonds. The number of ether oxygens (including phenoxy) is 2. The first-order chi connectivity index (χ1) is 8.08. The predicted octanol–water partition coefficient (Wildman–Crippen LogP) is 1.68. The molecule has 0 radical (unpaired) electrons. The smallest absolute Gasteiger partial charge is 0.243 e. The molecule has 0 saturated carbocycles. The normalized spacial score (nSPS) is 11.3. The van der Waals surface area contributed by atoms with Crippen molar-refractivity contribution in [3.8, 4) is 5.75 Å². The van der Waals surface area contributed by atoms with Gasteiger partial charge in [-0.2, -0.15) is 0 Å². The average Bonchev–Trinajstić information content (AvgIpc) is 2.31. The van der Waals surface area contributed by atoms with Gasteiger partial charge in [0.05, 0.1) is 18.7 Å². The van der Waals surface area contributed by atoms with Crippen LogP contribution in [0.15, 0.2) is 18.2 Å². The number of anilines is 1. The molecule has 0 fully saturated rings. The van der Waals surface area contributed by atoms with Crippen LogP contribution in [0.1, 0.15) is 0 Å². The summed E-state index contributed by atoms with van der Waals surface area (Å²) in [6.07, 6.45) is 0. The van der Waals surface area contributed by atoms with Crippen LogP contribution in [-0.4, -0.2) is 32.8 Å². The van der Waals surface area contributed by atoms with Crippen LogP contribution in [0.3, 0.4) is 0 Å². The molecule has 0 aliphatic carbocycles.